The molecule has 1 amide bonds. The largest absolute Gasteiger partial charge is 0.462 e. The molecule has 0 radical (unpaired) electrons. The van der Waals surface area contributed by atoms with E-state index in [-0.39, 0.29) is 24.2 Å². The fraction of sp³-hybridized carbons (Fsp3) is 0.391. The number of anilines is 1. The van der Waals surface area contributed by atoms with Crippen LogP contribution < -0.4 is 5.32 Å². The maximum absolute atomic E-state index is 12.7. The van der Waals surface area contributed by atoms with E-state index in [1.54, 1.807) is 31.2 Å². The molecule has 0 bridgehead atoms. The monoisotopic (exact) mass is 444 g/mol. The van der Waals surface area contributed by atoms with Gasteiger partial charge in [0, 0.05) is 24.7 Å². The third kappa shape index (κ3) is 6.15. The van der Waals surface area contributed by atoms with Gasteiger partial charge in [-0.2, -0.15) is 0 Å². The average Bonchev–Trinajstić information content (AvgIpc) is 2.75. The Morgan fingerprint density at radius 3 is 2.42 bits per heavy atom. The van der Waals surface area contributed by atoms with Crippen molar-refractivity contribution in [3.8, 4) is 0 Å². The first kappa shape index (κ1) is 23.0. The zero-order chi connectivity index (χ0) is 22.4. The normalized spacial score (nSPS) is 15.4. The van der Waals surface area contributed by atoms with Crippen LogP contribution in [0.15, 0.2) is 48.5 Å². The van der Waals surface area contributed by atoms with Crippen LogP contribution in [0.3, 0.4) is 0 Å². The van der Waals surface area contributed by atoms with Gasteiger partial charge >= 0.3 is 5.97 Å². The van der Waals surface area contributed by atoms with E-state index in [2.05, 4.69) is 5.32 Å². The van der Waals surface area contributed by atoms with Gasteiger partial charge in [-0.1, -0.05) is 35.9 Å². The lowest BCUT2D eigenvalue weighted by Crippen LogP contribution is -2.41. The Bertz CT molecular complexity index is 1030. The average molecular weight is 445 g/mol. The Morgan fingerprint density at radius 2 is 1.77 bits per heavy atom. The Labute approximate surface area is 183 Å². The number of hydrogen-bond donors (Lipinski definition) is 1. The second-order valence-electron chi connectivity index (χ2n) is 7.71. The molecule has 7 nitrogen and oxygen atoms in total. The van der Waals surface area contributed by atoms with E-state index in [1.165, 1.54) is 4.31 Å². The molecule has 166 valence electrons. The molecule has 2 aromatic carbocycles. The van der Waals surface area contributed by atoms with Gasteiger partial charge in [0.25, 0.3) is 0 Å². The van der Waals surface area contributed by atoms with Crippen LogP contribution in [0.4, 0.5) is 5.69 Å². The number of carbonyl (C=O) groups is 2. The number of ether oxygens (including phenoxy) is 1. The van der Waals surface area contributed by atoms with E-state index >= 15 is 0 Å². The molecule has 1 heterocycles. The van der Waals surface area contributed by atoms with Crippen molar-refractivity contribution in [2.24, 2.45) is 5.92 Å². The Balaban J connectivity index is 1.55. The van der Waals surface area contributed by atoms with Gasteiger partial charge < -0.3 is 10.1 Å². The first-order valence-electron chi connectivity index (χ1n) is 10.4. The number of esters is 1. The SMILES string of the molecule is CCOC(=O)c1cccc(NC(=O)C2CCN(S(=O)(=O)Cc3ccc(C)cc3)CC2)c1. The highest BCUT2D eigenvalue weighted by molar-refractivity contribution is 7.88. The van der Waals surface area contributed by atoms with Crippen molar-refractivity contribution in [3.05, 3.63) is 65.2 Å². The minimum atomic E-state index is -3.43. The topological polar surface area (TPSA) is 92.8 Å². The van der Waals surface area contributed by atoms with Gasteiger partial charge in [-0.15, -0.1) is 0 Å². The molecule has 0 saturated carbocycles. The molecule has 3 rings (SSSR count). The van der Waals surface area contributed by atoms with Crippen LogP contribution in [0.5, 0.6) is 0 Å². The standard InChI is InChI=1S/C23H28N2O5S/c1-3-30-23(27)20-5-4-6-21(15-20)24-22(26)19-11-13-25(14-12-19)31(28,29)16-18-9-7-17(2)8-10-18/h4-10,15,19H,3,11-14,16H2,1-2H3,(H,24,26). The second kappa shape index (κ2) is 10.1. The van der Waals surface area contributed by atoms with Crippen LogP contribution in [0.25, 0.3) is 0 Å². The van der Waals surface area contributed by atoms with E-state index in [0.29, 0.717) is 37.2 Å². The number of sulfonamides is 1. The number of aryl methyl sites for hydroxylation is 1. The first-order chi connectivity index (χ1) is 14.8. The van der Waals surface area contributed by atoms with E-state index < -0.39 is 16.0 Å². The quantitative estimate of drug-likeness (QED) is 0.661. The predicted octanol–water partition coefficient (Wildman–Crippen LogP) is 3.35. The minimum absolute atomic E-state index is 0.0369. The molecule has 0 atom stereocenters. The highest BCUT2D eigenvalue weighted by atomic mass is 32.2. The lowest BCUT2D eigenvalue weighted by Gasteiger charge is -2.30. The summed E-state index contributed by atoms with van der Waals surface area (Å²) in [5, 5.41) is 2.83. The number of piperidine rings is 1. The van der Waals surface area contributed by atoms with Crippen molar-refractivity contribution in [2.45, 2.75) is 32.4 Å². The third-order valence-corrected chi connectivity index (χ3v) is 7.18. The summed E-state index contributed by atoms with van der Waals surface area (Å²) in [5.74, 6) is -0.926. The Morgan fingerprint density at radius 1 is 1.10 bits per heavy atom. The molecule has 1 aliphatic rings. The highest BCUT2D eigenvalue weighted by Gasteiger charge is 2.31. The number of carbonyl (C=O) groups excluding carboxylic acids is 2. The summed E-state index contributed by atoms with van der Waals surface area (Å²) in [5.41, 5.74) is 2.73. The van der Waals surface area contributed by atoms with Crippen molar-refractivity contribution in [1.29, 1.82) is 0 Å². The van der Waals surface area contributed by atoms with Crippen LogP contribution in [-0.4, -0.2) is 44.3 Å². The smallest absolute Gasteiger partial charge is 0.338 e. The third-order valence-electron chi connectivity index (χ3n) is 5.33. The molecule has 0 spiro atoms. The van der Waals surface area contributed by atoms with Crippen molar-refractivity contribution in [2.75, 3.05) is 25.0 Å². The minimum Gasteiger partial charge on any atom is -0.462 e. The van der Waals surface area contributed by atoms with Crippen molar-refractivity contribution in [3.63, 3.8) is 0 Å². The van der Waals surface area contributed by atoms with Crippen LogP contribution in [0.1, 0.15) is 41.3 Å². The summed E-state index contributed by atoms with van der Waals surface area (Å²) < 4.78 is 31.9. The molecule has 0 aromatic heterocycles. The van der Waals surface area contributed by atoms with E-state index in [0.717, 1.165) is 11.1 Å². The summed E-state index contributed by atoms with van der Waals surface area (Å²) >= 11 is 0. The van der Waals surface area contributed by atoms with Crippen LogP contribution in [0, 0.1) is 12.8 Å². The summed E-state index contributed by atoms with van der Waals surface area (Å²) in [4.78, 5) is 24.5. The zero-order valence-corrected chi connectivity index (χ0v) is 18.7. The molecule has 0 unspecified atom stereocenters. The lowest BCUT2D eigenvalue weighted by atomic mass is 9.97. The summed E-state index contributed by atoms with van der Waals surface area (Å²) in [6, 6.07) is 14.1. The molecular weight excluding hydrogens is 416 g/mol. The van der Waals surface area contributed by atoms with Crippen molar-refractivity contribution >= 4 is 27.6 Å². The number of rotatable bonds is 7. The van der Waals surface area contributed by atoms with Gasteiger partial charge in [-0.05, 0) is 50.5 Å². The molecule has 1 saturated heterocycles. The molecule has 1 fully saturated rings. The summed E-state index contributed by atoms with van der Waals surface area (Å²) in [6.07, 6.45) is 0.910. The fourth-order valence-electron chi connectivity index (χ4n) is 3.57. The molecule has 31 heavy (non-hydrogen) atoms. The second-order valence-corrected chi connectivity index (χ2v) is 9.67. The van der Waals surface area contributed by atoms with Crippen molar-refractivity contribution < 1.29 is 22.7 Å². The molecule has 0 aliphatic carbocycles. The molecule has 1 aliphatic heterocycles. The van der Waals surface area contributed by atoms with Crippen LogP contribution in [0.2, 0.25) is 0 Å². The number of nitrogens with one attached hydrogen (secondary N) is 1. The number of benzene rings is 2. The highest BCUT2D eigenvalue weighted by Crippen LogP contribution is 2.23. The van der Waals surface area contributed by atoms with E-state index in [4.69, 9.17) is 4.74 Å². The number of hydrogen-bond acceptors (Lipinski definition) is 5. The molecule has 8 heteroatoms. The van der Waals surface area contributed by atoms with Gasteiger partial charge in [0.05, 0.1) is 17.9 Å². The van der Waals surface area contributed by atoms with Crippen LogP contribution in [-0.2, 0) is 25.3 Å². The maximum atomic E-state index is 12.7. The first-order valence-corrected chi connectivity index (χ1v) is 12.0. The predicted molar refractivity (Wildman–Crippen MR) is 119 cm³/mol. The Hall–Kier alpha value is -2.71. The van der Waals surface area contributed by atoms with E-state index in [9.17, 15) is 18.0 Å². The van der Waals surface area contributed by atoms with Gasteiger partial charge in [-0.3, -0.25) is 4.79 Å². The van der Waals surface area contributed by atoms with Gasteiger partial charge in [0.1, 0.15) is 0 Å². The lowest BCUT2D eigenvalue weighted by molar-refractivity contribution is -0.120. The van der Waals surface area contributed by atoms with Gasteiger partial charge in [0.2, 0.25) is 15.9 Å². The van der Waals surface area contributed by atoms with Crippen molar-refractivity contribution in [1.82, 2.24) is 4.31 Å². The summed E-state index contributed by atoms with van der Waals surface area (Å²) in [6.45, 7) is 4.60. The Kier molecular flexibility index (Phi) is 7.46. The molecule has 2 aromatic rings. The van der Waals surface area contributed by atoms with E-state index in [1.807, 2.05) is 31.2 Å². The van der Waals surface area contributed by atoms with Gasteiger partial charge in [0.15, 0.2) is 0 Å². The number of amides is 1. The number of nitrogens with zero attached hydrogens (tertiary/aromatic N) is 1. The summed E-state index contributed by atoms with van der Waals surface area (Å²) in [7, 11) is -3.43. The fourth-order valence-corrected chi connectivity index (χ4v) is 5.13. The van der Waals surface area contributed by atoms with Crippen LogP contribution >= 0.6 is 0 Å². The molecular formula is C23H28N2O5S. The molecule has 1 N–H and O–H groups in total. The van der Waals surface area contributed by atoms with Gasteiger partial charge in [-0.25, -0.2) is 17.5 Å². The zero-order valence-electron chi connectivity index (χ0n) is 17.8. The maximum Gasteiger partial charge on any atom is 0.338 e.